The highest BCUT2D eigenvalue weighted by atomic mass is 31.2. The SMILES string of the molecule is CCCCCCC/C=C\C/C=C\C/C=C\CCCCCCCCCCCCCCCCCCCCCCCCC(=O)NC(COP(=O)([O-])OCC[N+](C)(C)C)C(O)/C=C/CCCCCCCCCCCCCCCCCCCCC. The predicted molar refractivity (Wildman–Crippen MR) is 348 cm³/mol. The summed E-state index contributed by atoms with van der Waals surface area (Å²) in [5, 5.41) is 14.0. The summed E-state index contributed by atoms with van der Waals surface area (Å²) >= 11 is 0. The number of carbonyl (C=O) groups is 1. The van der Waals surface area contributed by atoms with Gasteiger partial charge in [0, 0.05) is 6.42 Å². The van der Waals surface area contributed by atoms with E-state index in [1.165, 1.54) is 276 Å². The van der Waals surface area contributed by atoms with Crippen molar-refractivity contribution >= 4 is 13.7 Å². The number of likely N-dealkylation sites (N-methyl/N-ethyl adjacent to an activating group) is 1. The van der Waals surface area contributed by atoms with Crippen LogP contribution < -0.4 is 10.2 Å². The summed E-state index contributed by atoms with van der Waals surface area (Å²) in [4.78, 5) is 25.6. The molecule has 0 aliphatic carbocycles. The van der Waals surface area contributed by atoms with Crippen LogP contribution in [0.15, 0.2) is 48.6 Å². The number of amides is 1. The Kier molecular flexibility index (Phi) is 60.8. The predicted octanol–water partition coefficient (Wildman–Crippen LogP) is 21.6. The van der Waals surface area contributed by atoms with Crippen molar-refractivity contribution in [2.75, 3.05) is 40.9 Å². The first-order valence-corrected chi connectivity index (χ1v) is 36.5. The van der Waals surface area contributed by atoms with E-state index in [-0.39, 0.29) is 19.1 Å². The molecule has 0 spiro atoms. The number of phosphoric ester groups is 1. The number of rotatable bonds is 65. The topological polar surface area (TPSA) is 108 Å². The molecular formula is C71H137N2O6P. The Morgan fingerprint density at radius 2 is 0.725 bits per heavy atom. The Morgan fingerprint density at radius 1 is 0.438 bits per heavy atom. The van der Waals surface area contributed by atoms with Crippen LogP contribution in [0, 0.1) is 0 Å². The zero-order chi connectivity index (χ0) is 58.4. The van der Waals surface area contributed by atoms with E-state index in [4.69, 9.17) is 9.05 Å². The molecule has 472 valence electrons. The molecule has 0 radical (unpaired) electrons. The number of nitrogens with one attached hydrogen (secondary N) is 1. The van der Waals surface area contributed by atoms with Crippen molar-refractivity contribution < 1.29 is 32.9 Å². The van der Waals surface area contributed by atoms with Crippen molar-refractivity contribution in [3.05, 3.63) is 48.6 Å². The second-order valence-electron chi connectivity index (χ2n) is 25.2. The Labute approximate surface area is 499 Å². The molecule has 80 heavy (non-hydrogen) atoms. The number of hydrogen-bond acceptors (Lipinski definition) is 6. The lowest BCUT2D eigenvalue weighted by Gasteiger charge is -2.29. The zero-order valence-electron chi connectivity index (χ0n) is 54.0. The van der Waals surface area contributed by atoms with Crippen LogP contribution in [0.2, 0.25) is 0 Å². The number of allylic oxidation sites excluding steroid dienone is 7. The van der Waals surface area contributed by atoms with Gasteiger partial charge in [0.1, 0.15) is 13.2 Å². The molecule has 0 rings (SSSR count). The van der Waals surface area contributed by atoms with E-state index in [2.05, 4.69) is 55.6 Å². The Bertz CT molecular complexity index is 1440. The molecule has 0 aromatic heterocycles. The third kappa shape index (κ3) is 64.0. The quantitative estimate of drug-likeness (QED) is 0.0272. The molecule has 0 aromatic carbocycles. The summed E-state index contributed by atoms with van der Waals surface area (Å²) in [7, 11) is 1.28. The largest absolute Gasteiger partial charge is 0.756 e. The van der Waals surface area contributed by atoms with Gasteiger partial charge in [-0.3, -0.25) is 9.36 Å². The molecule has 0 saturated carbocycles. The van der Waals surface area contributed by atoms with Crippen LogP contribution in [0.5, 0.6) is 0 Å². The molecule has 1 amide bonds. The van der Waals surface area contributed by atoms with Crippen molar-refractivity contribution in [1.29, 1.82) is 0 Å². The zero-order valence-corrected chi connectivity index (χ0v) is 54.9. The first-order chi connectivity index (χ1) is 39.0. The Balaban J connectivity index is 3.98. The summed E-state index contributed by atoms with van der Waals surface area (Å²) in [5.74, 6) is -0.191. The van der Waals surface area contributed by atoms with Gasteiger partial charge in [-0.1, -0.05) is 332 Å². The van der Waals surface area contributed by atoms with E-state index in [9.17, 15) is 19.4 Å². The molecule has 0 heterocycles. The van der Waals surface area contributed by atoms with Crippen LogP contribution in [0.25, 0.3) is 0 Å². The van der Waals surface area contributed by atoms with Gasteiger partial charge in [-0.25, -0.2) is 0 Å². The van der Waals surface area contributed by atoms with Crippen molar-refractivity contribution in [1.82, 2.24) is 5.32 Å². The van der Waals surface area contributed by atoms with Gasteiger partial charge in [0.05, 0.1) is 39.9 Å². The number of quaternary nitrogens is 1. The van der Waals surface area contributed by atoms with Gasteiger partial charge in [-0.05, 0) is 57.8 Å². The van der Waals surface area contributed by atoms with Gasteiger partial charge in [-0.15, -0.1) is 0 Å². The van der Waals surface area contributed by atoms with Crippen LogP contribution >= 0.6 is 7.82 Å². The third-order valence-electron chi connectivity index (χ3n) is 16.0. The average molecular weight is 1150 g/mol. The van der Waals surface area contributed by atoms with Crippen LogP contribution in [0.3, 0.4) is 0 Å². The number of hydrogen-bond donors (Lipinski definition) is 2. The minimum atomic E-state index is -4.60. The van der Waals surface area contributed by atoms with Crippen molar-refractivity contribution in [2.24, 2.45) is 0 Å². The van der Waals surface area contributed by atoms with E-state index in [1.807, 2.05) is 27.2 Å². The summed E-state index contributed by atoms with van der Waals surface area (Å²) in [5.41, 5.74) is 0. The molecule has 0 saturated heterocycles. The molecule has 3 unspecified atom stereocenters. The number of aliphatic hydroxyl groups excluding tert-OH is 1. The van der Waals surface area contributed by atoms with E-state index < -0.39 is 20.0 Å². The Morgan fingerprint density at radius 3 is 1.05 bits per heavy atom. The summed E-state index contributed by atoms with van der Waals surface area (Å²) in [6.07, 6.45) is 83.7. The number of carbonyl (C=O) groups excluding carboxylic acids is 1. The molecule has 0 bridgehead atoms. The fraction of sp³-hybridized carbons (Fsp3) is 0.873. The lowest BCUT2D eigenvalue weighted by atomic mass is 10.0. The standard InChI is InChI=1S/C71H137N2O6P/c1-6-8-10-12-14-16-18-20-22-24-26-28-29-30-31-32-33-34-35-36-37-38-39-40-41-42-43-45-47-49-51-53-55-57-59-61-63-65-71(75)72-69(68-79-80(76,77)78-67-66-73(3,4)5)70(74)64-62-60-58-56-54-52-50-48-46-44-27-25-23-21-19-17-15-13-11-9-7-2/h18,20,24,26,29-30,62,64,69-70,74H,6-17,19,21-23,25,27-28,31-61,63,65-68H2,1-5H3,(H-,72,75,76,77)/b20-18-,26-24-,30-29-,64-62+. The van der Waals surface area contributed by atoms with Crippen LogP contribution in [-0.2, 0) is 18.4 Å². The van der Waals surface area contributed by atoms with E-state index in [1.54, 1.807) is 6.08 Å². The smallest absolute Gasteiger partial charge is 0.268 e. The maximum absolute atomic E-state index is 13.0. The lowest BCUT2D eigenvalue weighted by molar-refractivity contribution is -0.870. The fourth-order valence-corrected chi connectivity index (χ4v) is 11.3. The molecule has 0 aromatic rings. The molecule has 0 fully saturated rings. The maximum atomic E-state index is 13.0. The third-order valence-corrected chi connectivity index (χ3v) is 17.0. The number of phosphoric acid groups is 1. The van der Waals surface area contributed by atoms with Crippen LogP contribution in [-0.4, -0.2) is 68.5 Å². The molecule has 0 aliphatic rings. The van der Waals surface area contributed by atoms with E-state index in [0.29, 0.717) is 17.4 Å². The van der Waals surface area contributed by atoms with Crippen molar-refractivity contribution in [3.63, 3.8) is 0 Å². The first kappa shape index (κ1) is 78.5. The van der Waals surface area contributed by atoms with Gasteiger partial charge >= 0.3 is 0 Å². The Hall–Kier alpha value is -1.54. The van der Waals surface area contributed by atoms with Gasteiger partial charge in [0.15, 0.2) is 0 Å². The molecule has 3 atom stereocenters. The minimum Gasteiger partial charge on any atom is -0.756 e. The molecule has 9 heteroatoms. The van der Waals surface area contributed by atoms with Crippen LogP contribution in [0.1, 0.15) is 348 Å². The molecule has 8 nitrogen and oxygen atoms in total. The van der Waals surface area contributed by atoms with Crippen LogP contribution in [0.4, 0.5) is 0 Å². The highest BCUT2D eigenvalue weighted by Gasteiger charge is 2.23. The van der Waals surface area contributed by atoms with E-state index in [0.717, 1.165) is 51.4 Å². The highest BCUT2D eigenvalue weighted by molar-refractivity contribution is 7.45. The summed E-state index contributed by atoms with van der Waals surface area (Å²) in [6, 6.07) is -0.886. The minimum absolute atomic E-state index is 0.000664. The average Bonchev–Trinajstić information content (AvgIpc) is 3.42. The molecular weight excluding hydrogens is 1010 g/mol. The van der Waals surface area contributed by atoms with Gasteiger partial charge in [0.25, 0.3) is 7.82 Å². The van der Waals surface area contributed by atoms with Gasteiger partial charge in [0.2, 0.25) is 5.91 Å². The second kappa shape index (κ2) is 62.0. The van der Waals surface area contributed by atoms with Gasteiger partial charge in [-0.2, -0.15) is 0 Å². The van der Waals surface area contributed by atoms with E-state index >= 15 is 0 Å². The lowest BCUT2D eigenvalue weighted by Crippen LogP contribution is -2.45. The second-order valence-corrected chi connectivity index (χ2v) is 26.7. The monoisotopic (exact) mass is 1150 g/mol. The normalized spacial score (nSPS) is 13.9. The number of nitrogens with zero attached hydrogens (tertiary/aromatic N) is 1. The number of aliphatic hydroxyl groups is 1. The molecule has 2 N–H and O–H groups in total. The number of unbranched alkanes of at least 4 members (excludes halogenated alkanes) is 46. The van der Waals surface area contributed by atoms with Crippen molar-refractivity contribution in [2.45, 2.75) is 360 Å². The highest BCUT2D eigenvalue weighted by Crippen LogP contribution is 2.38. The molecule has 0 aliphatic heterocycles. The summed E-state index contributed by atoms with van der Waals surface area (Å²) in [6.45, 7) is 4.69. The maximum Gasteiger partial charge on any atom is 0.268 e. The van der Waals surface area contributed by atoms with Crippen molar-refractivity contribution in [3.8, 4) is 0 Å². The first-order valence-electron chi connectivity index (χ1n) is 35.0. The van der Waals surface area contributed by atoms with Gasteiger partial charge < -0.3 is 28.8 Å². The fourth-order valence-electron chi connectivity index (χ4n) is 10.6. The summed E-state index contributed by atoms with van der Waals surface area (Å²) < 4.78 is 23.4.